The zero-order valence-electron chi connectivity index (χ0n) is 7.66. The van der Waals surface area contributed by atoms with Gasteiger partial charge in [0.2, 0.25) is 0 Å². The number of aliphatic carboxylic acids is 1. The van der Waals surface area contributed by atoms with Crippen molar-refractivity contribution in [1.82, 2.24) is 0 Å². The molecule has 1 unspecified atom stereocenters. The Balaban J connectivity index is 0. The summed E-state index contributed by atoms with van der Waals surface area (Å²) in [4.78, 5) is 9.76. The highest BCUT2D eigenvalue weighted by Crippen LogP contribution is 1.91. The van der Waals surface area contributed by atoms with E-state index in [4.69, 9.17) is 15.3 Å². The van der Waals surface area contributed by atoms with Crippen molar-refractivity contribution in [2.75, 3.05) is 6.61 Å². The number of carboxylic acids is 1. The molecule has 0 aromatic rings. The summed E-state index contributed by atoms with van der Waals surface area (Å²) < 4.78 is 0. The van der Waals surface area contributed by atoms with E-state index in [0.29, 0.717) is 6.42 Å². The standard InChI is InChI=1S/C5H10O2.C3H8O2/c1-2-3-4-5(6)7;1-3(5)2-4/h2-4H2,1H3,(H,6,7);3-5H,2H2,1H3. The number of aliphatic hydroxyl groups excluding tert-OH is 2. The van der Waals surface area contributed by atoms with Crippen LogP contribution >= 0.6 is 0 Å². The number of rotatable bonds is 4. The van der Waals surface area contributed by atoms with E-state index in [1.807, 2.05) is 6.92 Å². The Morgan fingerprint density at radius 1 is 1.50 bits per heavy atom. The van der Waals surface area contributed by atoms with E-state index in [1.54, 1.807) is 0 Å². The maximum atomic E-state index is 9.76. The third-order valence-electron chi connectivity index (χ3n) is 1.01. The van der Waals surface area contributed by atoms with Gasteiger partial charge in [-0.15, -0.1) is 0 Å². The summed E-state index contributed by atoms with van der Waals surface area (Å²) >= 11 is 0. The van der Waals surface area contributed by atoms with Crippen molar-refractivity contribution in [2.45, 2.75) is 39.2 Å². The number of unbranched alkanes of at least 4 members (excludes halogenated alkanes) is 1. The first-order valence-corrected chi connectivity index (χ1v) is 4.05. The third-order valence-corrected chi connectivity index (χ3v) is 1.01. The maximum Gasteiger partial charge on any atom is 0.303 e. The van der Waals surface area contributed by atoms with Crippen molar-refractivity contribution >= 4 is 5.97 Å². The van der Waals surface area contributed by atoms with Crippen molar-refractivity contribution in [3.05, 3.63) is 0 Å². The molecule has 0 spiro atoms. The summed E-state index contributed by atoms with van der Waals surface area (Å²) in [5.41, 5.74) is 0. The van der Waals surface area contributed by atoms with Crippen LogP contribution in [0.4, 0.5) is 0 Å². The Morgan fingerprint density at radius 3 is 2.00 bits per heavy atom. The minimum Gasteiger partial charge on any atom is -0.481 e. The molecule has 0 aliphatic heterocycles. The molecule has 3 N–H and O–H groups in total. The first kappa shape index (κ1) is 13.9. The summed E-state index contributed by atoms with van der Waals surface area (Å²) in [5, 5.41) is 24.0. The second kappa shape index (κ2) is 10.4. The van der Waals surface area contributed by atoms with E-state index in [-0.39, 0.29) is 6.61 Å². The molecule has 74 valence electrons. The lowest BCUT2D eigenvalue weighted by Crippen LogP contribution is -2.03. The van der Waals surface area contributed by atoms with Gasteiger partial charge in [-0.25, -0.2) is 0 Å². The lowest BCUT2D eigenvalue weighted by molar-refractivity contribution is -0.137. The van der Waals surface area contributed by atoms with Gasteiger partial charge in [0.15, 0.2) is 0 Å². The molecule has 1 atom stereocenters. The molecule has 4 nitrogen and oxygen atoms in total. The van der Waals surface area contributed by atoms with E-state index in [2.05, 4.69) is 0 Å². The van der Waals surface area contributed by atoms with Gasteiger partial charge in [0.05, 0.1) is 12.7 Å². The highest BCUT2D eigenvalue weighted by atomic mass is 16.4. The molecule has 0 aliphatic rings. The van der Waals surface area contributed by atoms with Crippen molar-refractivity contribution in [3.63, 3.8) is 0 Å². The molecule has 0 aromatic carbocycles. The fourth-order valence-corrected chi connectivity index (χ4v) is 0.328. The maximum absolute atomic E-state index is 9.76. The topological polar surface area (TPSA) is 77.8 Å². The first-order chi connectivity index (χ1) is 5.54. The molecular weight excluding hydrogens is 160 g/mol. The highest BCUT2D eigenvalue weighted by molar-refractivity contribution is 5.66. The van der Waals surface area contributed by atoms with Gasteiger partial charge >= 0.3 is 5.97 Å². The summed E-state index contributed by atoms with van der Waals surface area (Å²) in [6.07, 6.45) is 1.52. The zero-order valence-corrected chi connectivity index (χ0v) is 7.66. The van der Waals surface area contributed by atoms with Crippen LogP contribution in [0.3, 0.4) is 0 Å². The molecule has 4 heteroatoms. The quantitative estimate of drug-likeness (QED) is 0.589. The Kier molecular flexibility index (Phi) is 12.1. The van der Waals surface area contributed by atoms with Crippen LogP contribution < -0.4 is 0 Å². The van der Waals surface area contributed by atoms with E-state index in [1.165, 1.54) is 6.92 Å². The van der Waals surface area contributed by atoms with E-state index < -0.39 is 12.1 Å². The number of carbonyl (C=O) groups is 1. The van der Waals surface area contributed by atoms with E-state index >= 15 is 0 Å². The normalized spacial score (nSPS) is 11.3. The Morgan fingerprint density at radius 2 is 1.92 bits per heavy atom. The number of hydrogen-bond acceptors (Lipinski definition) is 3. The van der Waals surface area contributed by atoms with E-state index in [0.717, 1.165) is 12.8 Å². The first-order valence-electron chi connectivity index (χ1n) is 4.05. The SMILES string of the molecule is CC(O)CO.CCCCC(=O)O. The molecule has 0 aliphatic carbocycles. The monoisotopic (exact) mass is 178 g/mol. The van der Waals surface area contributed by atoms with Crippen molar-refractivity contribution in [3.8, 4) is 0 Å². The van der Waals surface area contributed by atoms with Gasteiger partial charge in [-0.2, -0.15) is 0 Å². The predicted molar refractivity (Wildman–Crippen MR) is 45.9 cm³/mol. The van der Waals surface area contributed by atoms with Crippen molar-refractivity contribution < 1.29 is 20.1 Å². The number of carboxylic acid groups (broad SMARTS) is 1. The molecule has 0 bridgehead atoms. The van der Waals surface area contributed by atoms with Crippen molar-refractivity contribution in [1.29, 1.82) is 0 Å². The van der Waals surface area contributed by atoms with Gasteiger partial charge in [-0.05, 0) is 13.3 Å². The number of aliphatic hydroxyl groups is 2. The van der Waals surface area contributed by atoms with Crippen LogP contribution in [0.25, 0.3) is 0 Å². The van der Waals surface area contributed by atoms with Crippen LogP contribution in [0.15, 0.2) is 0 Å². The van der Waals surface area contributed by atoms with Gasteiger partial charge in [-0.3, -0.25) is 4.79 Å². The van der Waals surface area contributed by atoms with Crippen LogP contribution in [0.2, 0.25) is 0 Å². The average molecular weight is 178 g/mol. The second-order valence-electron chi connectivity index (χ2n) is 2.53. The van der Waals surface area contributed by atoms with Crippen molar-refractivity contribution in [2.24, 2.45) is 0 Å². The molecule has 0 rings (SSSR count). The molecule has 0 fully saturated rings. The molecule has 0 aromatic heterocycles. The van der Waals surface area contributed by atoms with Crippen LogP contribution in [0.1, 0.15) is 33.1 Å². The van der Waals surface area contributed by atoms with Gasteiger partial charge in [0.1, 0.15) is 0 Å². The summed E-state index contributed by atoms with van der Waals surface area (Å²) in [6.45, 7) is 3.36. The zero-order chi connectivity index (χ0) is 9.98. The van der Waals surface area contributed by atoms with E-state index in [9.17, 15) is 4.79 Å². The van der Waals surface area contributed by atoms with Gasteiger partial charge in [-0.1, -0.05) is 13.3 Å². The fourth-order valence-electron chi connectivity index (χ4n) is 0.328. The molecule has 12 heavy (non-hydrogen) atoms. The lowest BCUT2D eigenvalue weighted by Gasteiger charge is -1.90. The lowest BCUT2D eigenvalue weighted by atomic mass is 10.3. The number of hydrogen-bond donors (Lipinski definition) is 3. The van der Waals surface area contributed by atoms with Crippen LogP contribution in [-0.2, 0) is 4.79 Å². The molecule has 0 radical (unpaired) electrons. The smallest absolute Gasteiger partial charge is 0.303 e. The van der Waals surface area contributed by atoms with Gasteiger partial charge < -0.3 is 15.3 Å². The Bertz CT molecular complexity index is 101. The van der Waals surface area contributed by atoms with Crippen LogP contribution in [0.5, 0.6) is 0 Å². The Labute approximate surface area is 72.8 Å². The highest BCUT2D eigenvalue weighted by Gasteiger charge is 1.90. The van der Waals surface area contributed by atoms with Gasteiger partial charge in [0.25, 0.3) is 0 Å². The average Bonchev–Trinajstić information content (AvgIpc) is 2.02. The van der Waals surface area contributed by atoms with Crippen LogP contribution in [0, 0.1) is 0 Å². The van der Waals surface area contributed by atoms with Gasteiger partial charge in [0, 0.05) is 6.42 Å². The second-order valence-corrected chi connectivity index (χ2v) is 2.53. The Hall–Kier alpha value is -0.610. The molecule has 0 saturated heterocycles. The molecule has 0 amide bonds. The molecule has 0 heterocycles. The largest absolute Gasteiger partial charge is 0.481 e. The minimum atomic E-state index is -0.693. The summed E-state index contributed by atoms with van der Waals surface area (Å²) in [7, 11) is 0. The molecule has 0 saturated carbocycles. The summed E-state index contributed by atoms with van der Waals surface area (Å²) in [6, 6.07) is 0. The minimum absolute atomic E-state index is 0.139. The summed E-state index contributed by atoms with van der Waals surface area (Å²) in [5.74, 6) is -0.693. The fraction of sp³-hybridized carbons (Fsp3) is 0.875. The third kappa shape index (κ3) is 22.8. The predicted octanol–water partition coefficient (Wildman–Crippen LogP) is 0.621. The van der Waals surface area contributed by atoms with Crippen LogP contribution in [-0.4, -0.2) is 34.0 Å². The molecular formula is C8H18O4.